The zero-order chi connectivity index (χ0) is 16.2. The Labute approximate surface area is 138 Å². The molecule has 0 atom stereocenters. The van der Waals surface area contributed by atoms with Crippen molar-refractivity contribution in [3.63, 3.8) is 0 Å². The lowest BCUT2D eigenvalue weighted by Crippen LogP contribution is -2.12. The Bertz CT molecular complexity index is 927. The summed E-state index contributed by atoms with van der Waals surface area (Å²) in [6.07, 6.45) is 4.65. The van der Waals surface area contributed by atoms with Gasteiger partial charge in [0.2, 0.25) is 0 Å². The van der Waals surface area contributed by atoms with Gasteiger partial charge < -0.3 is 9.88 Å². The van der Waals surface area contributed by atoms with Crippen molar-refractivity contribution in [2.45, 2.75) is 13.0 Å². The summed E-state index contributed by atoms with van der Waals surface area (Å²) in [6.45, 7) is 1.55. The normalized spacial score (nSPS) is 11.0. The van der Waals surface area contributed by atoms with Crippen LogP contribution in [0.4, 0.5) is 5.82 Å². The molecule has 1 aromatic carbocycles. The molecule has 0 radical (unpaired) electrons. The smallest absolute Gasteiger partial charge is 0.200 e. The lowest BCUT2D eigenvalue weighted by atomic mass is 10.2. The van der Waals surface area contributed by atoms with E-state index in [0.717, 1.165) is 31.2 Å². The quantitative estimate of drug-likeness (QED) is 0.578. The highest BCUT2D eigenvalue weighted by Gasteiger charge is 2.05. The first-order valence-electron chi connectivity index (χ1n) is 7.72. The molecule has 0 unspecified atom stereocenters. The van der Waals surface area contributed by atoms with Gasteiger partial charge in [-0.15, -0.1) is 14.8 Å². The fourth-order valence-corrected chi connectivity index (χ4v) is 2.54. The first-order chi connectivity index (χ1) is 11.9. The lowest BCUT2D eigenvalue weighted by molar-refractivity contribution is 0.715. The van der Waals surface area contributed by atoms with Gasteiger partial charge in [-0.25, -0.2) is 4.98 Å². The molecule has 4 rings (SSSR count). The van der Waals surface area contributed by atoms with E-state index in [1.165, 1.54) is 10.2 Å². The molecular formula is C16H16N8. The number of nitrogens with one attached hydrogen (secondary N) is 1. The molecule has 1 N–H and O–H groups in total. The van der Waals surface area contributed by atoms with Crippen LogP contribution in [0.15, 0.2) is 54.9 Å². The van der Waals surface area contributed by atoms with Crippen LogP contribution in [0, 0.1) is 0 Å². The highest BCUT2D eigenvalue weighted by atomic mass is 15.6. The Morgan fingerprint density at radius 2 is 1.96 bits per heavy atom. The van der Waals surface area contributed by atoms with Crippen LogP contribution in [-0.4, -0.2) is 41.4 Å². The third kappa shape index (κ3) is 3.07. The van der Waals surface area contributed by atoms with Crippen LogP contribution in [0.2, 0.25) is 0 Å². The van der Waals surface area contributed by atoms with Crippen molar-refractivity contribution >= 4 is 11.5 Å². The van der Waals surface area contributed by atoms with Crippen molar-refractivity contribution in [3.8, 4) is 0 Å². The summed E-state index contributed by atoms with van der Waals surface area (Å²) < 4.78 is 3.56. The second kappa shape index (κ2) is 6.45. The molecule has 0 saturated carbocycles. The summed E-state index contributed by atoms with van der Waals surface area (Å²) in [4.78, 5) is 4.45. The molecule has 0 spiro atoms. The first-order valence-corrected chi connectivity index (χ1v) is 7.72. The van der Waals surface area contributed by atoms with Crippen molar-refractivity contribution < 1.29 is 0 Å². The molecule has 0 aliphatic heterocycles. The monoisotopic (exact) mass is 320 g/mol. The fraction of sp³-hybridized carbons (Fsp3) is 0.188. The van der Waals surface area contributed by atoms with Crippen LogP contribution in [-0.2, 0) is 13.0 Å². The minimum Gasteiger partial charge on any atom is -0.368 e. The Balaban J connectivity index is 1.38. The molecule has 8 nitrogen and oxygen atoms in total. The number of nitrogens with zero attached hydrogens (tertiary/aromatic N) is 7. The number of benzene rings is 1. The summed E-state index contributed by atoms with van der Waals surface area (Å²) in [7, 11) is 0. The molecule has 3 aromatic heterocycles. The van der Waals surface area contributed by atoms with E-state index in [1.54, 1.807) is 0 Å². The lowest BCUT2D eigenvalue weighted by Gasteiger charge is -2.09. The molecule has 0 amide bonds. The Kier molecular flexibility index (Phi) is 3.85. The molecule has 120 valence electrons. The van der Waals surface area contributed by atoms with Crippen LogP contribution in [0.3, 0.4) is 0 Å². The van der Waals surface area contributed by atoms with Crippen LogP contribution < -0.4 is 5.32 Å². The Morgan fingerprint density at radius 1 is 1.04 bits per heavy atom. The van der Waals surface area contributed by atoms with Crippen LogP contribution >= 0.6 is 0 Å². The van der Waals surface area contributed by atoms with Gasteiger partial charge >= 0.3 is 0 Å². The van der Waals surface area contributed by atoms with E-state index < -0.39 is 0 Å². The molecule has 0 aliphatic carbocycles. The SMILES string of the molecule is c1ccc(Cn2ccnc2CCNc2ccc3nnnn3n2)cc1. The third-order valence-electron chi connectivity index (χ3n) is 3.72. The number of hydrogen-bond acceptors (Lipinski definition) is 6. The van der Waals surface area contributed by atoms with Gasteiger partial charge in [0, 0.05) is 31.9 Å². The second-order valence-corrected chi connectivity index (χ2v) is 5.38. The summed E-state index contributed by atoms with van der Waals surface area (Å²) >= 11 is 0. The van der Waals surface area contributed by atoms with Crippen LogP contribution in [0.25, 0.3) is 5.65 Å². The molecule has 0 aliphatic rings. The van der Waals surface area contributed by atoms with Crippen molar-refractivity contribution in [1.29, 1.82) is 0 Å². The number of tetrazole rings is 1. The average Bonchev–Trinajstić information content (AvgIpc) is 3.25. The van der Waals surface area contributed by atoms with Crippen LogP contribution in [0.5, 0.6) is 0 Å². The van der Waals surface area contributed by atoms with E-state index in [2.05, 4.69) is 47.6 Å². The molecule has 3 heterocycles. The molecule has 4 aromatic rings. The number of hydrogen-bond donors (Lipinski definition) is 1. The Hall–Kier alpha value is -3.29. The van der Waals surface area contributed by atoms with E-state index in [-0.39, 0.29) is 0 Å². The van der Waals surface area contributed by atoms with Crippen molar-refractivity contribution in [2.24, 2.45) is 0 Å². The number of aromatic nitrogens is 7. The maximum absolute atomic E-state index is 4.45. The van der Waals surface area contributed by atoms with Crippen molar-refractivity contribution in [2.75, 3.05) is 11.9 Å². The maximum atomic E-state index is 4.45. The largest absolute Gasteiger partial charge is 0.368 e. The number of imidazole rings is 1. The molecule has 0 bridgehead atoms. The predicted molar refractivity (Wildman–Crippen MR) is 88.5 cm³/mol. The number of anilines is 1. The topological polar surface area (TPSA) is 85.8 Å². The third-order valence-corrected chi connectivity index (χ3v) is 3.72. The maximum Gasteiger partial charge on any atom is 0.200 e. The second-order valence-electron chi connectivity index (χ2n) is 5.38. The van der Waals surface area contributed by atoms with Gasteiger partial charge in [-0.05, 0) is 28.1 Å². The van der Waals surface area contributed by atoms with Gasteiger partial charge in [-0.3, -0.25) is 0 Å². The fourth-order valence-electron chi connectivity index (χ4n) is 2.54. The summed E-state index contributed by atoms with van der Waals surface area (Å²) in [6, 6.07) is 14.0. The predicted octanol–water partition coefficient (Wildman–Crippen LogP) is 1.42. The van der Waals surface area contributed by atoms with Crippen molar-refractivity contribution in [3.05, 3.63) is 66.2 Å². The van der Waals surface area contributed by atoms with E-state index in [4.69, 9.17) is 0 Å². The zero-order valence-corrected chi connectivity index (χ0v) is 12.9. The summed E-state index contributed by atoms with van der Waals surface area (Å²) in [5.41, 5.74) is 1.88. The number of rotatable bonds is 6. The average molecular weight is 320 g/mol. The number of fused-ring (bicyclic) bond motifs is 1. The van der Waals surface area contributed by atoms with Gasteiger partial charge in [0.05, 0.1) is 0 Å². The van der Waals surface area contributed by atoms with Gasteiger partial charge in [0.1, 0.15) is 11.6 Å². The molecular weight excluding hydrogens is 304 g/mol. The minimum absolute atomic E-state index is 0.624. The van der Waals surface area contributed by atoms with Gasteiger partial charge in [0.25, 0.3) is 0 Å². The van der Waals surface area contributed by atoms with Gasteiger partial charge in [0.15, 0.2) is 5.65 Å². The highest BCUT2D eigenvalue weighted by Crippen LogP contribution is 2.07. The molecule has 0 fully saturated rings. The van der Waals surface area contributed by atoms with E-state index >= 15 is 0 Å². The first kappa shape index (κ1) is 14.3. The van der Waals surface area contributed by atoms with Gasteiger partial charge in [-0.1, -0.05) is 30.3 Å². The van der Waals surface area contributed by atoms with Gasteiger partial charge in [-0.2, -0.15) is 0 Å². The zero-order valence-electron chi connectivity index (χ0n) is 12.9. The Morgan fingerprint density at radius 3 is 2.88 bits per heavy atom. The van der Waals surface area contributed by atoms with E-state index in [9.17, 15) is 0 Å². The van der Waals surface area contributed by atoms with Crippen LogP contribution in [0.1, 0.15) is 11.4 Å². The molecule has 24 heavy (non-hydrogen) atoms. The highest BCUT2D eigenvalue weighted by molar-refractivity contribution is 5.42. The van der Waals surface area contributed by atoms with E-state index in [0.29, 0.717) is 5.65 Å². The standard InChI is InChI=1S/C16H16N8/c1-2-4-13(5-3-1)12-23-11-10-18-15(23)8-9-17-14-6-7-16-19-21-22-24(16)20-14/h1-7,10-11H,8-9,12H2,(H,17,20). The van der Waals surface area contributed by atoms with Crippen molar-refractivity contribution in [1.82, 2.24) is 34.8 Å². The molecule has 0 saturated heterocycles. The molecule has 8 heteroatoms. The van der Waals surface area contributed by atoms with E-state index in [1.807, 2.05) is 42.7 Å². The minimum atomic E-state index is 0.624. The summed E-state index contributed by atoms with van der Waals surface area (Å²) in [5.74, 6) is 1.77. The summed E-state index contributed by atoms with van der Waals surface area (Å²) in [5, 5.41) is 18.8.